The molecule has 17 heavy (non-hydrogen) atoms. The third-order valence-corrected chi connectivity index (χ3v) is 5.84. The molecule has 0 fully saturated rings. The largest absolute Gasteiger partial charge is 0.334 e. The Balaban J connectivity index is 2.59. The van der Waals surface area contributed by atoms with Crippen LogP contribution in [-0.2, 0) is 16.3 Å². The van der Waals surface area contributed by atoms with Crippen molar-refractivity contribution in [2.45, 2.75) is 0 Å². The molecule has 2 rings (SSSR count). The lowest BCUT2D eigenvalue weighted by Gasteiger charge is -2.20. The van der Waals surface area contributed by atoms with Crippen molar-refractivity contribution in [3.05, 3.63) is 60.7 Å². The van der Waals surface area contributed by atoms with Crippen molar-refractivity contribution in [2.24, 2.45) is 0 Å². The Bertz CT molecular complexity index is 546. The van der Waals surface area contributed by atoms with Crippen LogP contribution in [0.1, 0.15) is 5.56 Å². The van der Waals surface area contributed by atoms with E-state index in [-0.39, 0.29) is 0 Å². The van der Waals surface area contributed by atoms with Crippen LogP contribution in [0.3, 0.4) is 0 Å². The van der Waals surface area contributed by atoms with Crippen LogP contribution in [0.2, 0.25) is 0 Å². The van der Waals surface area contributed by atoms with Gasteiger partial charge < -0.3 is 4.52 Å². The third kappa shape index (κ3) is 2.99. The molecule has 0 amide bonds. The maximum absolute atomic E-state index is 5.71. The van der Waals surface area contributed by atoms with Gasteiger partial charge in [0.05, 0.1) is 6.61 Å². The van der Waals surface area contributed by atoms with Gasteiger partial charge in [-0.05, 0) is 11.1 Å². The van der Waals surface area contributed by atoms with Gasteiger partial charge in [0.1, 0.15) is 5.47 Å². The zero-order valence-electron chi connectivity index (χ0n) is 9.24. The average molecular weight is 280 g/mol. The molecule has 0 bridgehead atoms. The fraction of sp³-hybridized carbons (Fsp3) is 0.0769. The fourth-order valence-corrected chi connectivity index (χ4v) is 4.21. The summed E-state index contributed by atoms with van der Waals surface area (Å²) >= 11 is 10.1. The summed E-state index contributed by atoms with van der Waals surface area (Å²) in [6.07, 6.45) is 7.79. The zero-order valence-corrected chi connectivity index (χ0v) is 11.8. The molecule has 0 aliphatic carbocycles. The highest BCUT2D eigenvalue weighted by Crippen LogP contribution is 2.52. The van der Waals surface area contributed by atoms with E-state index in [1.165, 1.54) is 0 Å². The normalized spacial score (nSPS) is 28.2. The first-order chi connectivity index (χ1) is 8.11. The monoisotopic (exact) mass is 280 g/mol. The molecule has 0 saturated carbocycles. The van der Waals surface area contributed by atoms with E-state index < -0.39 is 5.47 Å². The summed E-state index contributed by atoms with van der Waals surface area (Å²) in [7, 11) is 0. The van der Waals surface area contributed by atoms with Crippen molar-refractivity contribution in [3.63, 3.8) is 0 Å². The van der Waals surface area contributed by atoms with Crippen molar-refractivity contribution in [3.8, 4) is 0 Å². The summed E-state index contributed by atoms with van der Waals surface area (Å²) in [6, 6.07) is 7.92. The van der Waals surface area contributed by atoms with E-state index >= 15 is 0 Å². The number of hydrogen-bond acceptors (Lipinski definition) is 2. The van der Waals surface area contributed by atoms with Crippen LogP contribution in [-0.4, -0.2) is 6.61 Å². The Hall–Kier alpha value is -0.600. The van der Waals surface area contributed by atoms with Gasteiger partial charge in [-0.25, -0.2) is 0 Å². The molecular formula is C13H13OPS2. The zero-order chi connectivity index (χ0) is 12.3. The molecule has 0 saturated heterocycles. The van der Waals surface area contributed by atoms with E-state index in [9.17, 15) is 0 Å². The van der Waals surface area contributed by atoms with E-state index in [0.717, 1.165) is 16.4 Å². The van der Waals surface area contributed by atoms with Gasteiger partial charge in [0.2, 0.25) is 0 Å². The molecule has 0 N–H and O–H groups in total. The van der Waals surface area contributed by atoms with Crippen LogP contribution in [0.25, 0.3) is 5.57 Å². The highest BCUT2D eigenvalue weighted by atomic mass is 32.9. The Morgan fingerprint density at radius 3 is 2.88 bits per heavy atom. The van der Waals surface area contributed by atoms with Crippen LogP contribution in [0.4, 0.5) is 0 Å². The second kappa shape index (κ2) is 5.36. The number of rotatable bonds is 0. The van der Waals surface area contributed by atoms with Crippen LogP contribution < -0.4 is 5.30 Å². The summed E-state index contributed by atoms with van der Waals surface area (Å²) in [6.45, 7) is 4.55. The minimum Gasteiger partial charge on any atom is -0.334 e. The molecule has 4 heteroatoms. The standard InChI is InChI=1S/C13H13OPS2/c1-11-7-3-2-6-10-14-15(16,17)13-9-5-4-8-12(11)13/h2-9H,1,10H2,(H,16,17)/b6-2-,7-3-. The minimum atomic E-state index is -2.25. The van der Waals surface area contributed by atoms with Gasteiger partial charge >= 0.3 is 0 Å². The predicted molar refractivity (Wildman–Crippen MR) is 82.6 cm³/mol. The molecule has 88 valence electrons. The number of allylic oxidation sites excluding steroid dienone is 4. The van der Waals surface area contributed by atoms with E-state index in [0.29, 0.717) is 6.61 Å². The minimum absolute atomic E-state index is 0.492. The Labute approximate surface area is 112 Å². The molecule has 1 aliphatic heterocycles. The molecule has 1 unspecified atom stereocenters. The van der Waals surface area contributed by atoms with Gasteiger partial charge in [-0.15, -0.1) is 12.2 Å². The molecular weight excluding hydrogens is 267 g/mol. The Morgan fingerprint density at radius 2 is 2.06 bits per heavy atom. The molecule has 1 nitrogen and oxygen atoms in total. The number of fused-ring (bicyclic) bond motifs is 1. The van der Waals surface area contributed by atoms with E-state index in [1.54, 1.807) is 0 Å². The van der Waals surface area contributed by atoms with Gasteiger partial charge in [-0.3, -0.25) is 0 Å². The second-order valence-electron chi connectivity index (χ2n) is 3.65. The first kappa shape index (κ1) is 12.8. The maximum Gasteiger partial charge on any atom is 0.146 e. The van der Waals surface area contributed by atoms with E-state index in [1.807, 2.05) is 48.6 Å². The lowest BCUT2D eigenvalue weighted by molar-refractivity contribution is 0.416. The Morgan fingerprint density at radius 1 is 1.29 bits per heavy atom. The average Bonchev–Trinajstić information content (AvgIpc) is 2.32. The molecule has 1 heterocycles. The molecule has 1 aromatic carbocycles. The molecule has 0 aromatic heterocycles. The molecule has 0 spiro atoms. The third-order valence-electron chi connectivity index (χ3n) is 2.44. The molecule has 1 atom stereocenters. The number of benzene rings is 1. The molecule has 1 aliphatic rings. The van der Waals surface area contributed by atoms with Crippen molar-refractivity contribution < 1.29 is 4.52 Å². The van der Waals surface area contributed by atoms with Gasteiger partial charge in [-0.2, -0.15) is 0 Å². The summed E-state index contributed by atoms with van der Waals surface area (Å²) in [4.78, 5) is 0. The van der Waals surface area contributed by atoms with Gasteiger partial charge in [-0.1, -0.05) is 67.0 Å². The first-order valence-electron chi connectivity index (χ1n) is 5.21. The van der Waals surface area contributed by atoms with Crippen molar-refractivity contribution in [1.82, 2.24) is 0 Å². The topological polar surface area (TPSA) is 9.23 Å². The smallest absolute Gasteiger partial charge is 0.146 e. The van der Waals surface area contributed by atoms with E-state index in [2.05, 4.69) is 18.8 Å². The first-order valence-corrected chi connectivity index (χ1v) is 9.08. The quantitative estimate of drug-likeness (QED) is 0.573. The number of hydrogen-bond donors (Lipinski definition) is 1. The predicted octanol–water partition coefficient (Wildman–Crippen LogP) is 3.71. The molecule has 1 aromatic rings. The van der Waals surface area contributed by atoms with Crippen LogP contribution >= 0.6 is 17.7 Å². The van der Waals surface area contributed by atoms with Gasteiger partial charge in [0.25, 0.3) is 0 Å². The molecule has 0 radical (unpaired) electrons. The van der Waals surface area contributed by atoms with Crippen LogP contribution in [0, 0.1) is 0 Å². The highest BCUT2D eigenvalue weighted by Gasteiger charge is 2.19. The SMILES string of the molecule is C=C1/C=C\C=C/COP(=S)(S)c2ccccc21. The maximum atomic E-state index is 5.71. The lowest BCUT2D eigenvalue weighted by Crippen LogP contribution is -2.09. The Kier molecular flexibility index (Phi) is 4.05. The highest BCUT2D eigenvalue weighted by molar-refractivity contribution is 8.64. The van der Waals surface area contributed by atoms with Crippen LogP contribution in [0.15, 0.2) is 55.1 Å². The van der Waals surface area contributed by atoms with Gasteiger partial charge in [0, 0.05) is 5.30 Å². The summed E-state index contributed by atoms with van der Waals surface area (Å²) < 4.78 is 5.71. The summed E-state index contributed by atoms with van der Waals surface area (Å²) in [5, 5.41) is 0.975. The second-order valence-corrected chi connectivity index (χ2v) is 9.47. The summed E-state index contributed by atoms with van der Waals surface area (Å²) in [5.41, 5.74) is -0.295. The fourth-order valence-electron chi connectivity index (χ4n) is 1.60. The van der Waals surface area contributed by atoms with Gasteiger partial charge in [0.15, 0.2) is 0 Å². The summed E-state index contributed by atoms with van der Waals surface area (Å²) in [5.74, 6) is 0. The van der Waals surface area contributed by atoms with E-state index in [4.69, 9.17) is 16.3 Å². The lowest BCUT2D eigenvalue weighted by atomic mass is 10.1. The van der Waals surface area contributed by atoms with Crippen molar-refractivity contribution in [2.75, 3.05) is 6.61 Å². The van der Waals surface area contributed by atoms with Crippen LogP contribution in [0.5, 0.6) is 0 Å². The van der Waals surface area contributed by atoms with Crippen molar-refractivity contribution in [1.29, 1.82) is 0 Å². The van der Waals surface area contributed by atoms with Crippen molar-refractivity contribution >= 4 is 40.4 Å². The number of thiol groups is 1.